The molecule has 120 valence electrons. The minimum absolute atomic E-state index is 0.162. The summed E-state index contributed by atoms with van der Waals surface area (Å²) in [6.45, 7) is 2.06. The summed E-state index contributed by atoms with van der Waals surface area (Å²) in [5.41, 5.74) is 1.22. The maximum Gasteiger partial charge on any atom is 0.411 e. The number of ether oxygens (including phenoxy) is 1. The second kappa shape index (κ2) is 9.79. The standard InChI is InChI=1S/C16H24F3NO/c1-2-11-20-15(14-8-4-3-5-9-14)10-6-7-12-21-13-16(17,18)19/h3-5,8-9,15,20H,2,6-7,10-13H2,1H3. The zero-order valence-corrected chi connectivity index (χ0v) is 12.5. The third kappa shape index (κ3) is 8.73. The molecule has 1 N–H and O–H groups in total. The molecule has 0 spiro atoms. The molecule has 1 unspecified atom stereocenters. The first-order valence-corrected chi connectivity index (χ1v) is 7.45. The van der Waals surface area contributed by atoms with Crippen LogP contribution in [0, 0.1) is 0 Å². The topological polar surface area (TPSA) is 21.3 Å². The van der Waals surface area contributed by atoms with Gasteiger partial charge in [-0.3, -0.25) is 0 Å². The van der Waals surface area contributed by atoms with Crippen molar-refractivity contribution in [2.75, 3.05) is 19.8 Å². The van der Waals surface area contributed by atoms with Crippen LogP contribution in [-0.4, -0.2) is 25.9 Å². The Balaban J connectivity index is 2.27. The summed E-state index contributed by atoms with van der Waals surface area (Å²) in [4.78, 5) is 0. The van der Waals surface area contributed by atoms with Gasteiger partial charge in [-0.1, -0.05) is 37.3 Å². The molecule has 2 nitrogen and oxygen atoms in total. The predicted molar refractivity (Wildman–Crippen MR) is 78.2 cm³/mol. The first-order chi connectivity index (χ1) is 10.0. The minimum atomic E-state index is -4.23. The number of hydrogen-bond acceptors (Lipinski definition) is 2. The number of nitrogens with one attached hydrogen (secondary N) is 1. The van der Waals surface area contributed by atoms with E-state index in [1.807, 2.05) is 18.2 Å². The van der Waals surface area contributed by atoms with Crippen LogP contribution in [0.5, 0.6) is 0 Å². The molecule has 1 aromatic carbocycles. The van der Waals surface area contributed by atoms with Crippen LogP contribution in [0.1, 0.15) is 44.2 Å². The molecule has 1 rings (SSSR count). The van der Waals surface area contributed by atoms with E-state index in [9.17, 15) is 13.2 Å². The zero-order chi connectivity index (χ0) is 15.6. The van der Waals surface area contributed by atoms with Crippen LogP contribution in [0.25, 0.3) is 0 Å². The molecule has 0 aromatic heterocycles. The van der Waals surface area contributed by atoms with Crippen molar-refractivity contribution in [1.82, 2.24) is 5.32 Å². The SMILES string of the molecule is CCCNC(CCCCOCC(F)(F)F)c1ccccc1. The number of unbranched alkanes of at least 4 members (excludes halogenated alkanes) is 1. The van der Waals surface area contributed by atoms with Crippen LogP contribution in [0.3, 0.4) is 0 Å². The van der Waals surface area contributed by atoms with Crippen LogP contribution in [0.4, 0.5) is 13.2 Å². The Kier molecular flexibility index (Phi) is 8.38. The van der Waals surface area contributed by atoms with Gasteiger partial charge in [0.25, 0.3) is 0 Å². The van der Waals surface area contributed by atoms with E-state index in [4.69, 9.17) is 0 Å². The van der Waals surface area contributed by atoms with Crippen molar-refractivity contribution < 1.29 is 17.9 Å². The molecule has 0 saturated carbocycles. The van der Waals surface area contributed by atoms with E-state index in [1.54, 1.807) is 0 Å². The molecule has 0 aliphatic rings. The maximum atomic E-state index is 11.9. The van der Waals surface area contributed by atoms with E-state index < -0.39 is 12.8 Å². The van der Waals surface area contributed by atoms with Gasteiger partial charge in [0, 0.05) is 12.6 Å². The highest BCUT2D eigenvalue weighted by atomic mass is 19.4. The average molecular weight is 303 g/mol. The fourth-order valence-electron chi connectivity index (χ4n) is 2.13. The van der Waals surface area contributed by atoms with Gasteiger partial charge in [-0.15, -0.1) is 0 Å². The summed E-state index contributed by atoms with van der Waals surface area (Å²) >= 11 is 0. The van der Waals surface area contributed by atoms with Gasteiger partial charge in [0.1, 0.15) is 6.61 Å². The molecular formula is C16H24F3NO. The first-order valence-electron chi connectivity index (χ1n) is 7.45. The Hall–Kier alpha value is -1.07. The molecule has 0 heterocycles. The van der Waals surface area contributed by atoms with E-state index in [1.165, 1.54) is 5.56 Å². The fraction of sp³-hybridized carbons (Fsp3) is 0.625. The second-order valence-corrected chi connectivity index (χ2v) is 5.08. The molecule has 5 heteroatoms. The van der Waals surface area contributed by atoms with Crippen molar-refractivity contribution in [3.05, 3.63) is 35.9 Å². The Labute approximate surface area is 124 Å². The zero-order valence-electron chi connectivity index (χ0n) is 12.5. The van der Waals surface area contributed by atoms with Gasteiger partial charge >= 0.3 is 6.18 Å². The summed E-state index contributed by atoms with van der Waals surface area (Å²) in [7, 11) is 0. The summed E-state index contributed by atoms with van der Waals surface area (Å²) in [5, 5.41) is 3.48. The minimum Gasteiger partial charge on any atom is -0.372 e. The third-order valence-corrected chi connectivity index (χ3v) is 3.14. The van der Waals surface area contributed by atoms with Crippen molar-refractivity contribution in [3.63, 3.8) is 0 Å². The summed E-state index contributed by atoms with van der Waals surface area (Å²) in [5.74, 6) is 0. The van der Waals surface area contributed by atoms with E-state index in [2.05, 4.69) is 29.1 Å². The number of alkyl halides is 3. The van der Waals surface area contributed by atoms with Gasteiger partial charge in [-0.2, -0.15) is 13.2 Å². The molecule has 1 aromatic rings. The predicted octanol–water partition coefficient (Wildman–Crippen LogP) is 4.48. The number of benzene rings is 1. The fourth-order valence-corrected chi connectivity index (χ4v) is 2.13. The number of hydrogen-bond donors (Lipinski definition) is 1. The monoisotopic (exact) mass is 303 g/mol. The molecule has 0 fully saturated rings. The molecule has 0 radical (unpaired) electrons. The Bertz CT molecular complexity index is 368. The van der Waals surface area contributed by atoms with Crippen molar-refractivity contribution in [3.8, 4) is 0 Å². The summed E-state index contributed by atoms with van der Waals surface area (Å²) < 4.78 is 40.4. The van der Waals surface area contributed by atoms with E-state index in [0.29, 0.717) is 6.42 Å². The van der Waals surface area contributed by atoms with E-state index in [0.717, 1.165) is 25.8 Å². The normalized spacial score (nSPS) is 13.3. The molecular weight excluding hydrogens is 279 g/mol. The van der Waals surface area contributed by atoms with Crippen LogP contribution in [-0.2, 0) is 4.74 Å². The van der Waals surface area contributed by atoms with Crippen LogP contribution in [0.2, 0.25) is 0 Å². The molecule has 0 aliphatic heterocycles. The Morgan fingerprint density at radius 1 is 1.14 bits per heavy atom. The van der Waals surface area contributed by atoms with Gasteiger partial charge in [-0.05, 0) is 37.8 Å². The lowest BCUT2D eigenvalue weighted by atomic mass is 10.0. The highest BCUT2D eigenvalue weighted by Crippen LogP contribution is 2.19. The van der Waals surface area contributed by atoms with Crippen LogP contribution < -0.4 is 5.32 Å². The lowest BCUT2D eigenvalue weighted by Gasteiger charge is -2.19. The van der Waals surface area contributed by atoms with Gasteiger partial charge in [0.05, 0.1) is 0 Å². The quantitative estimate of drug-likeness (QED) is 0.644. The van der Waals surface area contributed by atoms with Crippen molar-refractivity contribution in [2.45, 2.75) is 44.8 Å². The molecule has 0 aliphatic carbocycles. The highest BCUT2D eigenvalue weighted by Gasteiger charge is 2.27. The molecule has 21 heavy (non-hydrogen) atoms. The molecule has 0 saturated heterocycles. The van der Waals surface area contributed by atoms with E-state index in [-0.39, 0.29) is 12.6 Å². The first kappa shape index (κ1) is 18.0. The summed E-state index contributed by atoms with van der Waals surface area (Å²) in [6, 6.07) is 10.4. The van der Waals surface area contributed by atoms with Crippen molar-refractivity contribution in [1.29, 1.82) is 0 Å². The average Bonchev–Trinajstić information content (AvgIpc) is 2.45. The van der Waals surface area contributed by atoms with E-state index >= 15 is 0 Å². The lowest BCUT2D eigenvalue weighted by molar-refractivity contribution is -0.174. The largest absolute Gasteiger partial charge is 0.411 e. The molecule has 0 bridgehead atoms. The lowest BCUT2D eigenvalue weighted by Crippen LogP contribution is -2.22. The summed E-state index contributed by atoms with van der Waals surface area (Å²) in [6.07, 6.45) is -0.784. The maximum absolute atomic E-state index is 11.9. The van der Waals surface area contributed by atoms with Gasteiger partial charge in [0.2, 0.25) is 0 Å². The van der Waals surface area contributed by atoms with Gasteiger partial charge in [-0.25, -0.2) is 0 Å². The Morgan fingerprint density at radius 3 is 2.48 bits per heavy atom. The smallest absolute Gasteiger partial charge is 0.372 e. The van der Waals surface area contributed by atoms with Crippen molar-refractivity contribution in [2.24, 2.45) is 0 Å². The van der Waals surface area contributed by atoms with Gasteiger partial charge in [0.15, 0.2) is 0 Å². The van der Waals surface area contributed by atoms with Crippen molar-refractivity contribution >= 4 is 0 Å². The Morgan fingerprint density at radius 2 is 1.86 bits per heavy atom. The number of halogens is 3. The highest BCUT2D eigenvalue weighted by molar-refractivity contribution is 5.18. The van der Waals surface area contributed by atoms with Crippen LogP contribution >= 0.6 is 0 Å². The van der Waals surface area contributed by atoms with Crippen LogP contribution in [0.15, 0.2) is 30.3 Å². The molecule has 1 atom stereocenters. The molecule has 0 amide bonds. The third-order valence-electron chi connectivity index (χ3n) is 3.14. The van der Waals surface area contributed by atoms with Gasteiger partial charge < -0.3 is 10.1 Å². The number of rotatable bonds is 10. The second-order valence-electron chi connectivity index (χ2n) is 5.08.